The molecule has 0 aromatic heterocycles. The standard InChI is InChI=1S/C19H24O2/c1-11-8-15-13(5-7-19(2)6-3-4-16(15)19)18-14(11)9-12(20)10-17(18)21/h9-10,13,15-16,20-21H,1,3-8H2,2H3/t13-,15+,16-,19-/m0/s1. The highest BCUT2D eigenvalue weighted by Gasteiger charge is 2.51. The lowest BCUT2D eigenvalue weighted by Crippen LogP contribution is -2.39. The summed E-state index contributed by atoms with van der Waals surface area (Å²) in [7, 11) is 0. The summed E-state index contributed by atoms with van der Waals surface area (Å²) in [5, 5.41) is 20.2. The molecule has 4 rings (SSSR count). The molecule has 112 valence electrons. The summed E-state index contributed by atoms with van der Waals surface area (Å²) in [5.74, 6) is 2.26. The lowest BCUT2D eigenvalue weighted by molar-refractivity contribution is 0.0693. The highest BCUT2D eigenvalue weighted by Crippen LogP contribution is 2.63. The highest BCUT2D eigenvalue weighted by atomic mass is 16.3. The summed E-state index contributed by atoms with van der Waals surface area (Å²) >= 11 is 0. The molecule has 1 aromatic rings. The summed E-state index contributed by atoms with van der Waals surface area (Å²) in [6, 6.07) is 3.28. The fourth-order valence-electron chi connectivity index (χ4n) is 5.62. The van der Waals surface area contributed by atoms with Gasteiger partial charge < -0.3 is 10.2 Å². The van der Waals surface area contributed by atoms with Crippen molar-refractivity contribution < 1.29 is 10.2 Å². The third-order valence-corrected chi connectivity index (χ3v) is 6.60. The van der Waals surface area contributed by atoms with Crippen molar-refractivity contribution in [2.24, 2.45) is 17.3 Å². The maximum atomic E-state index is 10.4. The summed E-state index contributed by atoms with van der Waals surface area (Å²) < 4.78 is 0. The van der Waals surface area contributed by atoms with Crippen molar-refractivity contribution >= 4 is 5.57 Å². The first kappa shape index (κ1) is 13.2. The van der Waals surface area contributed by atoms with Gasteiger partial charge in [0.2, 0.25) is 0 Å². The van der Waals surface area contributed by atoms with Crippen LogP contribution in [-0.4, -0.2) is 10.2 Å². The Hall–Kier alpha value is -1.44. The van der Waals surface area contributed by atoms with E-state index < -0.39 is 0 Å². The number of hydrogen-bond acceptors (Lipinski definition) is 2. The Balaban J connectivity index is 1.82. The summed E-state index contributed by atoms with van der Waals surface area (Å²) in [6.07, 6.45) is 7.51. The molecule has 0 amide bonds. The van der Waals surface area contributed by atoms with Gasteiger partial charge in [0.25, 0.3) is 0 Å². The fourth-order valence-corrected chi connectivity index (χ4v) is 5.62. The van der Waals surface area contributed by atoms with Crippen molar-refractivity contribution in [2.45, 2.75) is 51.4 Å². The first-order chi connectivity index (χ1) is 9.99. The number of phenolic OH excluding ortho intramolecular Hbond substituents is 2. The molecule has 2 nitrogen and oxygen atoms in total. The maximum Gasteiger partial charge on any atom is 0.123 e. The molecule has 2 saturated carbocycles. The number of allylic oxidation sites excluding steroid dienone is 1. The van der Waals surface area contributed by atoms with E-state index in [1.165, 1.54) is 31.7 Å². The summed E-state index contributed by atoms with van der Waals surface area (Å²) in [4.78, 5) is 0. The van der Waals surface area contributed by atoms with Gasteiger partial charge in [-0.1, -0.05) is 19.9 Å². The van der Waals surface area contributed by atoms with Crippen LogP contribution >= 0.6 is 0 Å². The summed E-state index contributed by atoms with van der Waals surface area (Å²) in [5.41, 5.74) is 3.65. The van der Waals surface area contributed by atoms with Crippen molar-refractivity contribution in [2.75, 3.05) is 0 Å². The Morgan fingerprint density at radius 2 is 2.00 bits per heavy atom. The van der Waals surface area contributed by atoms with Gasteiger partial charge >= 0.3 is 0 Å². The highest BCUT2D eigenvalue weighted by molar-refractivity contribution is 5.73. The van der Waals surface area contributed by atoms with Crippen LogP contribution in [0.25, 0.3) is 5.57 Å². The Morgan fingerprint density at radius 1 is 1.19 bits per heavy atom. The molecule has 21 heavy (non-hydrogen) atoms. The minimum Gasteiger partial charge on any atom is -0.508 e. The SMILES string of the molecule is C=C1C[C@@H]2[C@H](CC[C@]3(C)CCC[C@@H]23)c2c(O)cc(O)cc21. The molecule has 0 radical (unpaired) electrons. The fraction of sp³-hybridized carbons (Fsp3) is 0.579. The normalized spacial score (nSPS) is 37.8. The minimum absolute atomic E-state index is 0.146. The Labute approximate surface area is 126 Å². The quantitative estimate of drug-likeness (QED) is 0.717. The van der Waals surface area contributed by atoms with E-state index in [0.29, 0.717) is 17.3 Å². The van der Waals surface area contributed by atoms with E-state index in [1.54, 1.807) is 6.07 Å². The van der Waals surface area contributed by atoms with Crippen molar-refractivity contribution in [3.05, 3.63) is 29.8 Å². The van der Waals surface area contributed by atoms with Crippen molar-refractivity contribution in [1.29, 1.82) is 0 Å². The van der Waals surface area contributed by atoms with Crippen LogP contribution in [0.2, 0.25) is 0 Å². The third kappa shape index (κ3) is 1.77. The molecule has 0 saturated heterocycles. The molecule has 0 bridgehead atoms. The van der Waals surface area contributed by atoms with Crippen LogP contribution in [0.4, 0.5) is 0 Å². The van der Waals surface area contributed by atoms with Gasteiger partial charge in [0.15, 0.2) is 0 Å². The van der Waals surface area contributed by atoms with Gasteiger partial charge in [-0.25, -0.2) is 0 Å². The second kappa shape index (κ2) is 4.28. The van der Waals surface area contributed by atoms with Crippen molar-refractivity contribution in [3.63, 3.8) is 0 Å². The van der Waals surface area contributed by atoms with Gasteiger partial charge in [-0.3, -0.25) is 0 Å². The predicted octanol–water partition coefficient (Wildman–Crippen LogP) is 4.81. The number of benzene rings is 1. The Kier molecular flexibility index (Phi) is 2.70. The van der Waals surface area contributed by atoms with Crippen LogP contribution in [-0.2, 0) is 0 Å². The zero-order valence-corrected chi connectivity index (χ0v) is 12.7. The zero-order valence-electron chi connectivity index (χ0n) is 12.7. The van der Waals surface area contributed by atoms with E-state index in [4.69, 9.17) is 0 Å². The van der Waals surface area contributed by atoms with Gasteiger partial charge in [0.1, 0.15) is 11.5 Å². The molecule has 0 unspecified atom stereocenters. The molecular formula is C19H24O2. The third-order valence-electron chi connectivity index (χ3n) is 6.60. The topological polar surface area (TPSA) is 40.5 Å². The Morgan fingerprint density at radius 3 is 2.81 bits per heavy atom. The lowest BCUT2D eigenvalue weighted by atomic mass is 9.55. The molecule has 0 aliphatic heterocycles. The van der Waals surface area contributed by atoms with Gasteiger partial charge in [0.05, 0.1) is 0 Å². The van der Waals surface area contributed by atoms with Gasteiger partial charge in [-0.05, 0) is 72.5 Å². The monoisotopic (exact) mass is 284 g/mol. The molecule has 0 spiro atoms. The van der Waals surface area contributed by atoms with E-state index in [0.717, 1.165) is 35.5 Å². The van der Waals surface area contributed by atoms with Crippen LogP contribution in [0, 0.1) is 17.3 Å². The van der Waals surface area contributed by atoms with Gasteiger partial charge in [-0.15, -0.1) is 0 Å². The first-order valence-corrected chi connectivity index (χ1v) is 8.23. The largest absolute Gasteiger partial charge is 0.508 e. The molecule has 0 heterocycles. The van der Waals surface area contributed by atoms with Crippen LogP contribution in [0.15, 0.2) is 18.7 Å². The lowest BCUT2D eigenvalue weighted by Gasteiger charge is -2.49. The molecule has 3 aliphatic carbocycles. The average molecular weight is 284 g/mol. The van der Waals surface area contributed by atoms with Gasteiger partial charge in [-0.2, -0.15) is 0 Å². The first-order valence-electron chi connectivity index (χ1n) is 8.23. The van der Waals surface area contributed by atoms with Crippen LogP contribution in [0.1, 0.15) is 62.5 Å². The molecule has 3 aliphatic rings. The number of fused-ring (bicyclic) bond motifs is 5. The van der Waals surface area contributed by atoms with E-state index in [1.807, 2.05) is 0 Å². The number of rotatable bonds is 0. The molecular weight excluding hydrogens is 260 g/mol. The van der Waals surface area contributed by atoms with Crippen LogP contribution < -0.4 is 0 Å². The maximum absolute atomic E-state index is 10.4. The van der Waals surface area contributed by atoms with E-state index in [2.05, 4.69) is 13.5 Å². The number of hydrogen-bond donors (Lipinski definition) is 2. The van der Waals surface area contributed by atoms with E-state index >= 15 is 0 Å². The average Bonchev–Trinajstić information content (AvgIpc) is 2.81. The summed E-state index contributed by atoms with van der Waals surface area (Å²) in [6.45, 7) is 6.71. The van der Waals surface area contributed by atoms with E-state index in [-0.39, 0.29) is 11.5 Å². The van der Waals surface area contributed by atoms with Crippen LogP contribution in [0.3, 0.4) is 0 Å². The molecule has 2 fully saturated rings. The van der Waals surface area contributed by atoms with Gasteiger partial charge in [0, 0.05) is 11.6 Å². The molecule has 2 N–H and O–H groups in total. The smallest absolute Gasteiger partial charge is 0.123 e. The van der Waals surface area contributed by atoms with Crippen molar-refractivity contribution in [3.8, 4) is 11.5 Å². The molecule has 1 aromatic carbocycles. The Bertz CT molecular complexity index is 618. The molecule has 4 atom stereocenters. The predicted molar refractivity (Wildman–Crippen MR) is 84.3 cm³/mol. The molecule has 2 heteroatoms. The number of phenols is 2. The van der Waals surface area contributed by atoms with Crippen molar-refractivity contribution in [1.82, 2.24) is 0 Å². The minimum atomic E-state index is 0.146. The van der Waals surface area contributed by atoms with E-state index in [9.17, 15) is 10.2 Å². The zero-order chi connectivity index (χ0) is 14.8. The van der Waals surface area contributed by atoms with Crippen LogP contribution in [0.5, 0.6) is 11.5 Å². The number of aromatic hydroxyl groups is 2. The second-order valence-electron chi connectivity index (χ2n) is 7.70. The second-order valence-corrected chi connectivity index (χ2v) is 7.70.